The molecule has 15 heavy (non-hydrogen) atoms. The molecule has 0 saturated carbocycles. The molecule has 0 fully saturated rings. The van der Waals surface area contributed by atoms with Gasteiger partial charge in [-0.05, 0) is 5.16 Å². The average Bonchev–Trinajstić information content (AvgIpc) is 1.79. The molecular weight excluding hydrogens is 236 g/mol. The summed E-state index contributed by atoms with van der Waals surface area (Å²) in [6, 6.07) is 0. The molecule has 0 radical (unpaired) electrons. The smallest absolute Gasteiger partial charge is 0.448 e. The number of rotatable bonds is 1. The van der Waals surface area contributed by atoms with Crippen molar-refractivity contribution < 1.29 is 27.7 Å². The maximum Gasteiger partial charge on any atom is 0.532 e. The maximum atomic E-state index is 9.46. The van der Waals surface area contributed by atoms with Gasteiger partial charge in [0.05, 0.1) is 0 Å². The summed E-state index contributed by atoms with van der Waals surface area (Å²) >= 11 is 0. The van der Waals surface area contributed by atoms with E-state index in [9.17, 15) is 4.79 Å². The Hall–Kier alpha value is -1.67. The molecule has 0 aliphatic rings. The highest BCUT2D eigenvalue weighted by molar-refractivity contribution is 7.83. The molecule has 94 valence electrons. The SMILES string of the molecule is N.N.NC(N)=NOC(=O)O.NS(=O)(=O)O. The summed E-state index contributed by atoms with van der Waals surface area (Å²) in [7, 11) is -4.17. The number of guanidine groups is 1. The fourth-order valence-corrected chi connectivity index (χ4v) is 0.0918. The van der Waals surface area contributed by atoms with Crippen molar-refractivity contribution in [1.82, 2.24) is 12.3 Å². The van der Waals surface area contributed by atoms with E-state index in [4.69, 9.17) is 18.1 Å². The number of oxime groups is 1. The molecule has 0 spiro atoms. The van der Waals surface area contributed by atoms with Gasteiger partial charge in [0.15, 0.2) is 0 Å². The minimum Gasteiger partial charge on any atom is -0.448 e. The Kier molecular flexibility index (Phi) is 16.2. The molecule has 0 aromatic carbocycles. The number of carboxylic acid groups (broad SMARTS) is 1. The molecule has 0 aliphatic carbocycles. The highest BCUT2D eigenvalue weighted by atomic mass is 32.2. The van der Waals surface area contributed by atoms with Crippen molar-refractivity contribution >= 4 is 22.4 Å². The summed E-state index contributed by atoms with van der Waals surface area (Å²) in [5.74, 6) is -0.424. The molecule has 0 bridgehead atoms. The molecule has 12 nitrogen and oxygen atoms in total. The van der Waals surface area contributed by atoms with Gasteiger partial charge in [-0.15, -0.1) is 0 Å². The van der Waals surface area contributed by atoms with Crippen LogP contribution in [0.5, 0.6) is 0 Å². The van der Waals surface area contributed by atoms with Crippen molar-refractivity contribution in [1.29, 1.82) is 0 Å². The molecule has 0 aromatic rings. The highest BCUT2D eigenvalue weighted by Gasteiger charge is 1.91. The molecule has 0 saturated heterocycles. The lowest BCUT2D eigenvalue weighted by Crippen LogP contribution is -2.23. The molecular formula is C2H14N6O6S. The van der Waals surface area contributed by atoms with Gasteiger partial charge >= 0.3 is 16.5 Å². The van der Waals surface area contributed by atoms with Crippen LogP contribution in [0.15, 0.2) is 5.16 Å². The highest BCUT2D eigenvalue weighted by Crippen LogP contribution is 1.72. The van der Waals surface area contributed by atoms with Crippen LogP contribution >= 0.6 is 0 Å². The van der Waals surface area contributed by atoms with Crippen LogP contribution in [0.2, 0.25) is 0 Å². The third-order valence-electron chi connectivity index (χ3n) is 0.229. The Morgan fingerprint density at radius 3 is 1.60 bits per heavy atom. The van der Waals surface area contributed by atoms with Gasteiger partial charge in [-0.2, -0.15) is 8.42 Å². The van der Waals surface area contributed by atoms with E-state index in [0.717, 1.165) is 0 Å². The summed E-state index contributed by atoms with van der Waals surface area (Å²) in [5.41, 5.74) is 9.36. The van der Waals surface area contributed by atoms with Crippen LogP contribution in [0.3, 0.4) is 0 Å². The first-order valence-corrected chi connectivity index (χ1v) is 3.87. The number of hydrogen-bond donors (Lipinski definition) is 7. The van der Waals surface area contributed by atoms with E-state index in [0.29, 0.717) is 0 Å². The van der Waals surface area contributed by atoms with E-state index in [1.165, 1.54) is 0 Å². The third-order valence-corrected chi connectivity index (χ3v) is 0.229. The van der Waals surface area contributed by atoms with Crippen LogP contribution in [0.4, 0.5) is 4.79 Å². The maximum absolute atomic E-state index is 9.46. The molecule has 0 rings (SSSR count). The molecule has 0 amide bonds. The normalized spacial score (nSPS) is 7.87. The number of hydrogen-bond acceptors (Lipinski definition) is 7. The summed E-state index contributed by atoms with van der Waals surface area (Å²) in [5, 5.41) is 14.3. The monoisotopic (exact) mass is 250 g/mol. The van der Waals surface area contributed by atoms with Crippen LogP contribution in [0.25, 0.3) is 0 Å². The Balaban J connectivity index is -0.0000000770. The van der Waals surface area contributed by atoms with Crippen molar-refractivity contribution in [2.24, 2.45) is 21.8 Å². The Morgan fingerprint density at radius 2 is 1.53 bits per heavy atom. The number of nitrogens with zero attached hydrogens (tertiary/aromatic N) is 1. The quantitative estimate of drug-likeness (QED) is 0.0878. The Bertz CT molecular complexity index is 272. The van der Waals surface area contributed by atoms with Gasteiger partial charge in [0.1, 0.15) is 0 Å². The van der Waals surface area contributed by atoms with Gasteiger partial charge in [-0.3, -0.25) is 9.39 Å². The number of nitrogens with two attached hydrogens (primary N) is 3. The molecule has 13 heteroatoms. The lowest BCUT2D eigenvalue weighted by Gasteiger charge is -1.86. The second-order valence-electron chi connectivity index (χ2n) is 1.39. The van der Waals surface area contributed by atoms with Crippen LogP contribution < -0.4 is 28.9 Å². The number of carbonyl (C=O) groups is 1. The fourth-order valence-electron chi connectivity index (χ4n) is 0.0918. The first kappa shape index (κ1) is 23.3. The molecule has 0 aliphatic heterocycles. The van der Waals surface area contributed by atoms with E-state index < -0.39 is 22.4 Å². The first-order chi connectivity index (χ1) is 5.63. The molecule has 0 unspecified atom stereocenters. The van der Waals surface area contributed by atoms with E-state index >= 15 is 0 Å². The second-order valence-corrected chi connectivity index (χ2v) is 2.42. The van der Waals surface area contributed by atoms with Gasteiger partial charge in [0.25, 0.3) is 0 Å². The lowest BCUT2D eigenvalue weighted by molar-refractivity contribution is 0.0945. The molecule has 0 atom stereocenters. The standard InChI is InChI=1S/C2H5N3O3.H3NO3S.2H3N/c3-1(4)5-8-2(6)7;1-5(2,3)4;;/h(H,6,7)(H4,3,4,5);(H3,1,2,3,4);2*1H3. The molecule has 14 N–H and O–H groups in total. The predicted molar refractivity (Wildman–Crippen MR) is 50.7 cm³/mol. The summed E-state index contributed by atoms with van der Waals surface area (Å²) in [4.78, 5) is 13.0. The van der Waals surface area contributed by atoms with E-state index in [-0.39, 0.29) is 12.3 Å². The van der Waals surface area contributed by atoms with Gasteiger partial charge in [-0.25, -0.2) is 9.93 Å². The minimum atomic E-state index is -4.17. The summed E-state index contributed by atoms with van der Waals surface area (Å²) in [6.07, 6.45) is -1.54. The van der Waals surface area contributed by atoms with Gasteiger partial charge in [-0.1, -0.05) is 0 Å². The topological polar surface area (TPSA) is 261 Å². The van der Waals surface area contributed by atoms with Crippen LogP contribution in [0, 0.1) is 0 Å². The molecule has 0 aromatic heterocycles. The van der Waals surface area contributed by atoms with E-state index in [2.05, 4.69) is 26.6 Å². The third kappa shape index (κ3) is 119. The minimum absolute atomic E-state index is 0. The first-order valence-electron chi connectivity index (χ1n) is 2.37. The Morgan fingerprint density at radius 1 is 1.27 bits per heavy atom. The van der Waals surface area contributed by atoms with Crippen LogP contribution in [0.1, 0.15) is 0 Å². The molecule has 0 heterocycles. The van der Waals surface area contributed by atoms with Crippen molar-refractivity contribution in [2.45, 2.75) is 0 Å². The van der Waals surface area contributed by atoms with E-state index in [1.54, 1.807) is 0 Å². The fraction of sp³-hybridized carbons (Fsp3) is 0. The average molecular weight is 250 g/mol. The summed E-state index contributed by atoms with van der Waals surface area (Å²) in [6.45, 7) is 0. The largest absolute Gasteiger partial charge is 0.532 e. The second kappa shape index (κ2) is 10.4. The zero-order valence-electron chi connectivity index (χ0n) is 7.53. The van der Waals surface area contributed by atoms with Gasteiger partial charge in [0, 0.05) is 0 Å². The lowest BCUT2D eigenvalue weighted by atomic mass is 11.1. The zero-order chi connectivity index (χ0) is 11.1. The van der Waals surface area contributed by atoms with Crippen molar-refractivity contribution in [3.8, 4) is 0 Å². The van der Waals surface area contributed by atoms with E-state index in [1.807, 2.05) is 0 Å². The van der Waals surface area contributed by atoms with Crippen LogP contribution in [-0.4, -0.2) is 30.2 Å². The van der Waals surface area contributed by atoms with Gasteiger partial charge < -0.3 is 28.9 Å². The van der Waals surface area contributed by atoms with Crippen molar-refractivity contribution in [3.05, 3.63) is 0 Å². The van der Waals surface area contributed by atoms with Crippen LogP contribution in [-0.2, 0) is 15.1 Å². The van der Waals surface area contributed by atoms with Crippen molar-refractivity contribution in [3.63, 3.8) is 0 Å². The summed E-state index contributed by atoms with van der Waals surface area (Å²) < 4.78 is 25.2. The predicted octanol–water partition coefficient (Wildman–Crippen LogP) is -2.06. The Labute approximate surface area is 85.1 Å². The van der Waals surface area contributed by atoms with Crippen molar-refractivity contribution in [2.75, 3.05) is 0 Å². The zero-order valence-corrected chi connectivity index (χ0v) is 8.35. The van der Waals surface area contributed by atoms with Gasteiger partial charge in [0.2, 0.25) is 5.96 Å².